The summed E-state index contributed by atoms with van der Waals surface area (Å²) in [6.07, 6.45) is 3.86. The molecule has 0 bridgehead atoms. The molecule has 0 aromatic heterocycles. The second-order valence-electron chi connectivity index (χ2n) is 11.2. The van der Waals surface area contributed by atoms with Gasteiger partial charge in [-0.15, -0.1) is 0 Å². The molecule has 2 aromatic rings. The Hall–Kier alpha value is -3.55. The number of nitrogens with one attached hydrogen (secondary N) is 2. The number of para-hydroxylation sites is 1. The van der Waals surface area contributed by atoms with E-state index in [0.717, 1.165) is 54.9 Å². The minimum atomic E-state index is -0.314. The smallest absolute Gasteiger partial charge is 0.251 e. The molecule has 2 atom stereocenters. The molecule has 8 heteroatoms. The van der Waals surface area contributed by atoms with Gasteiger partial charge in [-0.05, 0) is 68.9 Å². The Morgan fingerprint density at radius 1 is 1.16 bits per heavy atom. The summed E-state index contributed by atoms with van der Waals surface area (Å²) in [4.78, 5) is 28.3. The first kappa shape index (κ1) is 27.5. The van der Waals surface area contributed by atoms with Gasteiger partial charge in [-0.3, -0.25) is 14.9 Å². The number of carbonyl (C=O) groups excluding carboxylic acids is 2. The molecule has 38 heavy (non-hydrogen) atoms. The predicted octanol–water partition coefficient (Wildman–Crippen LogP) is 4.67. The van der Waals surface area contributed by atoms with Crippen LogP contribution in [0.3, 0.4) is 0 Å². The lowest BCUT2D eigenvalue weighted by atomic mass is 9.88. The molecule has 0 spiro atoms. The first-order valence-corrected chi connectivity index (χ1v) is 13.5. The van der Waals surface area contributed by atoms with Crippen molar-refractivity contribution in [1.82, 2.24) is 10.6 Å². The van der Waals surface area contributed by atoms with E-state index in [1.54, 1.807) is 0 Å². The summed E-state index contributed by atoms with van der Waals surface area (Å²) in [6.45, 7) is 11.1. The third-order valence-electron chi connectivity index (χ3n) is 7.53. The summed E-state index contributed by atoms with van der Waals surface area (Å²) >= 11 is 0. The van der Waals surface area contributed by atoms with E-state index in [1.165, 1.54) is 0 Å². The average molecular weight is 521 g/mol. The number of amides is 2. The van der Waals surface area contributed by atoms with Crippen LogP contribution in [0.2, 0.25) is 0 Å². The SMILES string of the molecule is CC1COc2ccc(C(=O)NC3CC(C)(C)Oc4ccccc43)cc2C1.CCC1(CC)CC(=O)NC(N)=N1. The van der Waals surface area contributed by atoms with Crippen LogP contribution in [-0.2, 0) is 11.2 Å². The van der Waals surface area contributed by atoms with E-state index >= 15 is 0 Å². The van der Waals surface area contributed by atoms with Crippen LogP contribution in [0.5, 0.6) is 11.5 Å². The van der Waals surface area contributed by atoms with Gasteiger partial charge in [0.15, 0.2) is 5.96 Å². The molecular weight excluding hydrogens is 480 g/mol. The highest BCUT2D eigenvalue weighted by Crippen LogP contribution is 2.39. The molecule has 8 nitrogen and oxygen atoms in total. The molecular formula is C30H40N4O4. The van der Waals surface area contributed by atoms with Crippen LogP contribution in [0.4, 0.5) is 0 Å². The van der Waals surface area contributed by atoms with Crippen LogP contribution in [0.15, 0.2) is 47.5 Å². The fraction of sp³-hybridized carbons (Fsp3) is 0.500. The molecule has 3 aliphatic heterocycles. The maximum Gasteiger partial charge on any atom is 0.251 e. The summed E-state index contributed by atoms with van der Waals surface area (Å²) in [7, 11) is 0. The molecule has 0 saturated carbocycles. The molecule has 3 heterocycles. The van der Waals surface area contributed by atoms with E-state index in [0.29, 0.717) is 17.9 Å². The Labute approximate surface area is 225 Å². The van der Waals surface area contributed by atoms with E-state index < -0.39 is 0 Å². The number of benzene rings is 2. The largest absolute Gasteiger partial charge is 0.493 e. The normalized spacial score (nSPS) is 22.6. The molecule has 2 aromatic carbocycles. The monoisotopic (exact) mass is 520 g/mol. The Morgan fingerprint density at radius 2 is 1.89 bits per heavy atom. The minimum Gasteiger partial charge on any atom is -0.493 e. The molecule has 204 valence electrons. The topological polar surface area (TPSA) is 115 Å². The summed E-state index contributed by atoms with van der Waals surface area (Å²) in [5.74, 6) is 2.41. The van der Waals surface area contributed by atoms with Crippen molar-refractivity contribution < 1.29 is 19.1 Å². The first-order valence-electron chi connectivity index (χ1n) is 13.5. The Bertz CT molecular complexity index is 1220. The van der Waals surface area contributed by atoms with Crippen LogP contribution >= 0.6 is 0 Å². The standard InChI is InChI=1S/C22H25NO3.C8H15N3O/c1-14-10-16-11-15(8-9-19(16)25-13-14)21(24)23-18-12-22(2,3)26-20-7-5-4-6-17(18)20;1-3-8(4-2)5-6(12)10-7(9)11-8/h4-9,11,14,18H,10,12-13H2,1-3H3,(H,23,24);3-5H2,1-2H3,(H3,9,10,11,12). The maximum atomic E-state index is 12.9. The Morgan fingerprint density at radius 3 is 2.61 bits per heavy atom. The number of nitrogens with two attached hydrogens (primary N) is 1. The number of nitrogens with zero attached hydrogens (tertiary/aromatic N) is 1. The van der Waals surface area contributed by atoms with Gasteiger partial charge >= 0.3 is 0 Å². The highest BCUT2D eigenvalue weighted by Gasteiger charge is 2.35. The fourth-order valence-electron chi connectivity index (χ4n) is 5.33. The molecule has 0 aliphatic carbocycles. The second kappa shape index (κ2) is 11.1. The third kappa shape index (κ3) is 6.29. The number of hydrogen-bond acceptors (Lipinski definition) is 6. The molecule has 2 unspecified atom stereocenters. The molecule has 0 radical (unpaired) electrons. The molecule has 2 amide bonds. The van der Waals surface area contributed by atoms with E-state index in [2.05, 4.69) is 36.4 Å². The van der Waals surface area contributed by atoms with Crippen molar-refractivity contribution >= 4 is 17.8 Å². The quantitative estimate of drug-likeness (QED) is 0.542. The minimum absolute atomic E-state index is 0.0220. The number of rotatable bonds is 4. The van der Waals surface area contributed by atoms with Crippen molar-refractivity contribution in [1.29, 1.82) is 0 Å². The predicted molar refractivity (Wildman–Crippen MR) is 148 cm³/mol. The molecule has 4 N–H and O–H groups in total. The van der Waals surface area contributed by atoms with Gasteiger partial charge in [0, 0.05) is 17.5 Å². The van der Waals surface area contributed by atoms with Crippen LogP contribution < -0.4 is 25.8 Å². The van der Waals surface area contributed by atoms with Gasteiger partial charge in [0.25, 0.3) is 5.91 Å². The number of aliphatic imine (C=N–C) groups is 1. The van der Waals surface area contributed by atoms with Crippen molar-refractivity contribution in [2.45, 2.75) is 83.9 Å². The summed E-state index contributed by atoms with van der Waals surface area (Å²) < 4.78 is 11.8. The average Bonchev–Trinajstić information content (AvgIpc) is 2.87. The zero-order valence-electron chi connectivity index (χ0n) is 23.1. The van der Waals surface area contributed by atoms with Gasteiger partial charge < -0.3 is 20.5 Å². The lowest BCUT2D eigenvalue weighted by molar-refractivity contribution is -0.121. The number of fused-ring (bicyclic) bond motifs is 2. The van der Waals surface area contributed by atoms with E-state index in [4.69, 9.17) is 15.2 Å². The molecule has 0 saturated heterocycles. The Balaban J connectivity index is 0.000000236. The van der Waals surface area contributed by atoms with Crippen LogP contribution in [0.1, 0.15) is 87.8 Å². The lowest BCUT2D eigenvalue weighted by Gasteiger charge is -2.37. The lowest BCUT2D eigenvalue weighted by Crippen LogP contribution is -2.48. The zero-order chi connectivity index (χ0) is 27.5. The van der Waals surface area contributed by atoms with Crippen LogP contribution in [0, 0.1) is 5.92 Å². The van der Waals surface area contributed by atoms with Gasteiger partial charge in [-0.1, -0.05) is 39.0 Å². The summed E-state index contributed by atoms with van der Waals surface area (Å²) in [5.41, 5.74) is 7.75. The number of hydrogen-bond donors (Lipinski definition) is 3. The zero-order valence-corrected chi connectivity index (χ0v) is 23.1. The van der Waals surface area contributed by atoms with Crippen molar-refractivity contribution in [2.24, 2.45) is 16.6 Å². The van der Waals surface area contributed by atoms with Crippen LogP contribution in [0.25, 0.3) is 0 Å². The summed E-state index contributed by atoms with van der Waals surface area (Å²) in [6, 6.07) is 13.6. The van der Waals surface area contributed by atoms with Crippen molar-refractivity contribution in [2.75, 3.05) is 6.61 Å². The Kier molecular flexibility index (Phi) is 7.99. The van der Waals surface area contributed by atoms with Crippen molar-refractivity contribution in [3.8, 4) is 11.5 Å². The number of guanidine groups is 1. The highest BCUT2D eigenvalue weighted by molar-refractivity contribution is 5.98. The van der Waals surface area contributed by atoms with E-state index in [9.17, 15) is 9.59 Å². The van der Waals surface area contributed by atoms with Crippen LogP contribution in [-0.4, -0.2) is 35.5 Å². The fourth-order valence-corrected chi connectivity index (χ4v) is 5.33. The molecule has 0 fully saturated rings. The van der Waals surface area contributed by atoms with Crippen molar-refractivity contribution in [3.63, 3.8) is 0 Å². The van der Waals surface area contributed by atoms with E-state index in [-0.39, 0.29) is 35.0 Å². The maximum absolute atomic E-state index is 12.9. The molecule has 5 rings (SSSR count). The number of ether oxygens (including phenoxy) is 2. The van der Waals surface area contributed by atoms with Gasteiger partial charge in [-0.25, -0.2) is 4.99 Å². The van der Waals surface area contributed by atoms with E-state index in [1.807, 2.05) is 56.3 Å². The van der Waals surface area contributed by atoms with Gasteiger partial charge in [0.1, 0.15) is 17.1 Å². The van der Waals surface area contributed by atoms with Gasteiger partial charge in [0.2, 0.25) is 5.91 Å². The highest BCUT2D eigenvalue weighted by atomic mass is 16.5. The molecule has 3 aliphatic rings. The van der Waals surface area contributed by atoms with Crippen molar-refractivity contribution in [3.05, 3.63) is 59.2 Å². The number of carbonyl (C=O) groups is 2. The summed E-state index contributed by atoms with van der Waals surface area (Å²) in [5, 5.41) is 5.70. The second-order valence-corrected chi connectivity index (χ2v) is 11.2. The first-order chi connectivity index (χ1) is 18.0. The van der Waals surface area contributed by atoms with Gasteiger partial charge in [0.05, 0.1) is 24.6 Å². The van der Waals surface area contributed by atoms with Gasteiger partial charge in [-0.2, -0.15) is 0 Å². The third-order valence-corrected chi connectivity index (χ3v) is 7.53.